The van der Waals surface area contributed by atoms with Crippen LogP contribution in [0.4, 0.5) is 0 Å². The van der Waals surface area contributed by atoms with Gasteiger partial charge in [-0.3, -0.25) is 4.79 Å². The predicted molar refractivity (Wildman–Crippen MR) is 49.1 cm³/mol. The minimum absolute atomic E-state index is 0.155. The summed E-state index contributed by atoms with van der Waals surface area (Å²) in [4.78, 5) is 15.1. The van der Waals surface area contributed by atoms with Crippen molar-refractivity contribution in [2.75, 3.05) is 6.54 Å². The number of hydrogen-bond acceptors (Lipinski definition) is 2. The minimum atomic E-state index is 0.155. The molecule has 69 valence electrons. The van der Waals surface area contributed by atoms with Gasteiger partial charge in [0.1, 0.15) is 5.84 Å². The fraction of sp³-hybridized carbons (Fsp3) is 0.556. The maximum Gasteiger partial charge on any atom is 0.220 e. The first-order valence-electron chi connectivity index (χ1n) is 4.54. The lowest BCUT2D eigenvalue weighted by atomic mass is 9.94. The standard InChI is InChI=1S/C9H12N3O/c13-9-6-7(1-2-12-9)5-8-10-3-4-11-8/h3-4,7H,1-2,5-6H2,(H,12,13). The molecule has 0 bridgehead atoms. The lowest BCUT2D eigenvalue weighted by Crippen LogP contribution is -2.34. The zero-order valence-electron chi connectivity index (χ0n) is 7.36. The summed E-state index contributed by atoms with van der Waals surface area (Å²) in [6.07, 6.45) is 5.88. The Hall–Kier alpha value is -1.32. The average molecular weight is 178 g/mol. The Morgan fingerprint density at radius 1 is 1.54 bits per heavy atom. The van der Waals surface area contributed by atoms with Crippen molar-refractivity contribution in [1.82, 2.24) is 10.6 Å². The molecule has 1 N–H and O–H groups in total. The lowest BCUT2D eigenvalue weighted by molar-refractivity contribution is -0.123. The highest BCUT2D eigenvalue weighted by atomic mass is 16.1. The lowest BCUT2D eigenvalue weighted by Gasteiger charge is -2.21. The van der Waals surface area contributed by atoms with E-state index in [9.17, 15) is 4.79 Å². The SMILES string of the molecule is O=C1CC(CC2=NC=C[N]2)CCN1. The molecule has 2 heterocycles. The summed E-state index contributed by atoms with van der Waals surface area (Å²) < 4.78 is 0. The Kier molecular flexibility index (Phi) is 2.29. The molecular formula is C9H12N3O. The second-order valence-electron chi connectivity index (χ2n) is 3.39. The largest absolute Gasteiger partial charge is 0.356 e. The molecule has 0 spiro atoms. The van der Waals surface area contributed by atoms with Crippen LogP contribution in [-0.2, 0) is 4.79 Å². The van der Waals surface area contributed by atoms with Crippen molar-refractivity contribution in [1.29, 1.82) is 0 Å². The zero-order valence-corrected chi connectivity index (χ0v) is 7.36. The van der Waals surface area contributed by atoms with Gasteiger partial charge in [-0.25, -0.2) is 10.3 Å². The first-order chi connectivity index (χ1) is 6.34. The Morgan fingerprint density at radius 3 is 3.15 bits per heavy atom. The molecule has 4 heteroatoms. The van der Waals surface area contributed by atoms with Crippen LogP contribution in [-0.4, -0.2) is 18.3 Å². The van der Waals surface area contributed by atoms with Gasteiger partial charge < -0.3 is 5.32 Å². The van der Waals surface area contributed by atoms with Gasteiger partial charge in [0.05, 0.1) is 0 Å². The van der Waals surface area contributed by atoms with Gasteiger partial charge in [0, 0.05) is 31.8 Å². The van der Waals surface area contributed by atoms with Crippen molar-refractivity contribution < 1.29 is 4.79 Å². The highest BCUT2D eigenvalue weighted by Gasteiger charge is 2.21. The highest BCUT2D eigenvalue weighted by Crippen LogP contribution is 2.17. The van der Waals surface area contributed by atoms with Gasteiger partial charge in [0.25, 0.3) is 0 Å². The quantitative estimate of drug-likeness (QED) is 0.653. The van der Waals surface area contributed by atoms with Crippen molar-refractivity contribution in [3.63, 3.8) is 0 Å². The summed E-state index contributed by atoms with van der Waals surface area (Å²) in [5, 5.41) is 6.90. The number of carbonyl (C=O) groups excluding carboxylic acids is 1. The normalized spacial score (nSPS) is 26.6. The van der Waals surface area contributed by atoms with Gasteiger partial charge in [-0.2, -0.15) is 0 Å². The molecule has 0 aromatic rings. The van der Waals surface area contributed by atoms with Gasteiger partial charge >= 0.3 is 0 Å². The van der Waals surface area contributed by atoms with E-state index in [0.29, 0.717) is 12.3 Å². The van der Waals surface area contributed by atoms with Gasteiger partial charge in [-0.15, -0.1) is 0 Å². The van der Waals surface area contributed by atoms with Crippen molar-refractivity contribution in [2.45, 2.75) is 19.3 Å². The molecule has 1 atom stereocenters. The predicted octanol–water partition coefficient (Wildman–Crippen LogP) is 0.390. The van der Waals surface area contributed by atoms with Crippen LogP contribution in [0.3, 0.4) is 0 Å². The molecule has 13 heavy (non-hydrogen) atoms. The van der Waals surface area contributed by atoms with E-state index in [-0.39, 0.29) is 5.91 Å². The maximum absolute atomic E-state index is 11.1. The van der Waals surface area contributed by atoms with E-state index in [1.54, 1.807) is 12.4 Å². The third kappa shape index (κ3) is 2.08. The van der Waals surface area contributed by atoms with E-state index in [2.05, 4.69) is 15.6 Å². The van der Waals surface area contributed by atoms with E-state index in [1.165, 1.54) is 0 Å². The second-order valence-corrected chi connectivity index (χ2v) is 3.39. The Bertz CT molecular complexity index is 270. The second kappa shape index (κ2) is 3.60. The van der Waals surface area contributed by atoms with Crippen molar-refractivity contribution >= 4 is 11.7 Å². The van der Waals surface area contributed by atoms with Crippen LogP contribution in [0, 0.1) is 5.92 Å². The number of piperidine rings is 1. The molecule has 2 aliphatic heterocycles. The van der Waals surface area contributed by atoms with Crippen LogP contribution in [0.25, 0.3) is 0 Å². The first kappa shape index (κ1) is 8.29. The van der Waals surface area contributed by atoms with E-state index in [1.807, 2.05) is 0 Å². The molecule has 2 rings (SSSR count). The van der Waals surface area contributed by atoms with Crippen molar-refractivity contribution in [3.8, 4) is 0 Å². The number of hydrogen-bond donors (Lipinski definition) is 1. The summed E-state index contributed by atoms with van der Waals surface area (Å²) >= 11 is 0. The molecule has 0 aromatic heterocycles. The van der Waals surface area contributed by atoms with E-state index in [4.69, 9.17) is 0 Å². The van der Waals surface area contributed by atoms with E-state index in [0.717, 1.165) is 25.2 Å². The molecule has 1 saturated heterocycles. The summed E-state index contributed by atoms with van der Waals surface area (Å²) in [7, 11) is 0. The molecule has 4 nitrogen and oxygen atoms in total. The van der Waals surface area contributed by atoms with Crippen LogP contribution < -0.4 is 10.6 Å². The number of rotatable bonds is 2. The number of nitrogens with one attached hydrogen (secondary N) is 1. The van der Waals surface area contributed by atoms with Crippen LogP contribution in [0.5, 0.6) is 0 Å². The minimum Gasteiger partial charge on any atom is -0.356 e. The van der Waals surface area contributed by atoms with Gasteiger partial charge in [-0.05, 0) is 12.3 Å². The highest BCUT2D eigenvalue weighted by molar-refractivity contribution is 5.86. The van der Waals surface area contributed by atoms with Gasteiger partial charge in [0.15, 0.2) is 0 Å². The smallest absolute Gasteiger partial charge is 0.220 e. The average Bonchev–Trinajstić information content (AvgIpc) is 2.57. The molecule has 1 amide bonds. The topological polar surface area (TPSA) is 55.6 Å². The molecule has 1 fully saturated rings. The number of nitrogens with zero attached hydrogens (tertiary/aromatic N) is 2. The maximum atomic E-state index is 11.1. The van der Waals surface area contributed by atoms with Gasteiger partial charge in [0.2, 0.25) is 5.91 Å². The third-order valence-electron chi connectivity index (χ3n) is 2.33. The Balaban J connectivity index is 1.84. The molecule has 1 unspecified atom stereocenters. The number of amides is 1. The summed E-state index contributed by atoms with van der Waals surface area (Å²) in [5.41, 5.74) is 0. The molecular weight excluding hydrogens is 166 g/mol. The number of aliphatic imine (C=N–C) groups is 1. The van der Waals surface area contributed by atoms with E-state index < -0.39 is 0 Å². The Morgan fingerprint density at radius 2 is 2.46 bits per heavy atom. The number of amidine groups is 1. The molecule has 1 radical (unpaired) electrons. The fourth-order valence-electron chi connectivity index (χ4n) is 1.66. The monoisotopic (exact) mass is 178 g/mol. The first-order valence-corrected chi connectivity index (χ1v) is 4.54. The van der Waals surface area contributed by atoms with E-state index >= 15 is 0 Å². The zero-order chi connectivity index (χ0) is 9.10. The van der Waals surface area contributed by atoms with Gasteiger partial charge in [-0.1, -0.05) is 0 Å². The van der Waals surface area contributed by atoms with Crippen LogP contribution in [0.2, 0.25) is 0 Å². The molecule has 0 aliphatic carbocycles. The number of carbonyl (C=O) groups is 1. The molecule has 2 aliphatic rings. The summed E-state index contributed by atoms with van der Waals surface area (Å²) in [6, 6.07) is 0. The van der Waals surface area contributed by atoms with Crippen molar-refractivity contribution in [3.05, 3.63) is 12.4 Å². The van der Waals surface area contributed by atoms with Crippen molar-refractivity contribution in [2.24, 2.45) is 10.9 Å². The molecule has 0 saturated carbocycles. The summed E-state index contributed by atoms with van der Waals surface area (Å²) in [6.45, 7) is 0.796. The fourth-order valence-corrected chi connectivity index (χ4v) is 1.66. The van der Waals surface area contributed by atoms with Crippen LogP contribution in [0.1, 0.15) is 19.3 Å². The van der Waals surface area contributed by atoms with Crippen LogP contribution >= 0.6 is 0 Å². The molecule has 0 aromatic carbocycles. The summed E-state index contributed by atoms with van der Waals surface area (Å²) in [5.74, 6) is 1.44. The van der Waals surface area contributed by atoms with Crippen LogP contribution in [0.15, 0.2) is 17.4 Å². The third-order valence-corrected chi connectivity index (χ3v) is 2.33. The Labute approximate surface area is 77.1 Å².